The highest BCUT2D eigenvalue weighted by molar-refractivity contribution is 6.30. The molecule has 1 heterocycles. The summed E-state index contributed by atoms with van der Waals surface area (Å²) in [6, 6.07) is 12.2. The van der Waals surface area contributed by atoms with E-state index >= 15 is 0 Å². The first-order valence-corrected chi connectivity index (χ1v) is 9.52. The molecule has 0 radical (unpaired) electrons. The summed E-state index contributed by atoms with van der Waals surface area (Å²) in [7, 11) is 0. The van der Waals surface area contributed by atoms with Gasteiger partial charge in [-0.1, -0.05) is 17.7 Å². The van der Waals surface area contributed by atoms with Crippen molar-refractivity contribution < 1.29 is 19.1 Å². The Bertz CT molecular complexity index is 923. The molecule has 0 spiro atoms. The highest BCUT2D eigenvalue weighted by Crippen LogP contribution is 2.28. The summed E-state index contributed by atoms with van der Waals surface area (Å²) in [5.41, 5.74) is 3.41. The Morgan fingerprint density at radius 1 is 1.11 bits per heavy atom. The van der Waals surface area contributed by atoms with E-state index in [0.717, 1.165) is 16.8 Å². The Morgan fingerprint density at radius 2 is 1.79 bits per heavy atom. The highest BCUT2D eigenvalue weighted by atomic mass is 35.5. The van der Waals surface area contributed by atoms with Gasteiger partial charge in [0.15, 0.2) is 6.10 Å². The minimum absolute atomic E-state index is 0.0770. The largest absolute Gasteiger partial charge is 0.454 e. The average Bonchev–Trinajstić information content (AvgIpc) is 3.06. The molecule has 1 aliphatic heterocycles. The van der Waals surface area contributed by atoms with Crippen molar-refractivity contribution in [2.45, 2.75) is 33.3 Å². The number of nitrogens with zero attached hydrogens (tertiary/aromatic N) is 1. The van der Waals surface area contributed by atoms with Crippen molar-refractivity contribution in [2.75, 3.05) is 11.4 Å². The Kier molecular flexibility index (Phi) is 5.84. The number of amides is 1. The summed E-state index contributed by atoms with van der Waals surface area (Å²) in [6.07, 6.45) is -0.854. The van der Waals surface area contributed by atoms with Gasteiger partial charge in [-0.2, -0.15) is 0 Å². The number of halogens is 1. The zero-order valence-corrected chi connectivity index (χ0v) is 16.8. The minimum atomic E-state index is -0.931. The molecule has 1 fully saturated rings. The summed E-state index contributed by atoms with van der Waals surface area (Å²) >= 11 is 5.83. The van der Waals surface area contributed by atoms with Gasteiger partial charge in [-0.3, -0.25) is 14.4 Å². The molecule has 1 aliphatic rings. The van der Waals surface area contributed by atoms with Crippen molar-refractivity contribution in [1.29, 1.82) is 0 Å². The molecule has 0 bridgehead atoms. The van der Waals surface area contributed by atoms with Crippen LogP contribution in [0.25, 0.3) is 0 Å². The number of ketones is 1. The molecule has 3 rings (SSSR count). The first kappa shape index (κ1) is 20.1. The molecular formula is C22H22ClNO4. The predicted octanol–water partition coefficient (Wildman–Crippen LogP) is 4.12. The molecule has 146 valence electrons. The molecular weight excluding hydrogens is 378 g/mol. The Labute approximate surface area is 169 Å². The molecule has 0 unspecified atom stereocenters. The number of ether oxygens (including phenoxy) is 1. The van der Waals surface area contributed by atoms with Crippen molar-refractivity contribution in [3.05, 3.63) is 64.2 Å². The highest BCUT2D eigenvalue weighted by Gasteiger charge is 2.37. The Hall–Kier alpha value is -2.66. The quantitative estimate of drug-likeness (QED) is 0.560. The fourth-order valence-corrected chi connectivity index (χ4v) is 3.31. The standard InChI is InChI=1S/C22H22ClNO4/c1-13-4-9-19(10-14(13)2)24-12-17(11-20(24)25)22(27)28-15(3)21(26)16-5-7-18(23)8-6-16/h4-10,15,17H,11-12H2,1-3H3/t15-,17+/m0/s1. The number of hydrogen-bond donors (Lipinski definition) is 0. The number of benzene rings is 2. The summed E-state index contributed by atoms with van der Waals surface area (Å²) in [5.74, 6) is -1.55. The molecule has 0 N–H and O–H groups in total. The first-order valence-electron chi connectivity index (χ1n) is 9.14. The number of rotatable bonds is 5. The molecule has 0 saturated carbocycles. The zero-order chi connectivity index (χ0) is 20.4. The van der Waals surface area contributed by atoms with Gasteiger partial charge >= 0.3 is 5.97 Å². The van der Waals surface area contributed by atoms with E-state index in [2.05, 4.69) is 0 Å². The van der Waals surface area contributed by atoms with Gasteiger partial charge < -0.3 is 9.64 Å². The third-order valence-corrected chi connectivity index (χ3v) is 5.30. The van der Waals surface area contributed by atoms with Crippen LogP contribution in [0.2, 0.25) is 5.02 Å². The maximum Gasteiger partial charge on any atom is 0.312 e. The summed E-state index contributed by atoms with van der Waals surface area (Å²) < 4.78 is 5.36. The molecule has 6 heteroatoms. The van der Waals surface area contributed by atoms with Crippen molar-refractivity contribution in [2.24, 2.45) is 5.92 Å². The lowest BCUT2D eigenvalue weighted by Crippen LogP contribution is -2.30. The van der Waals surface area contributed by atoms with Crippen LogP contribution in [0.4, 0.5) is 5.69 Å². The van der Waals surface area contributed by atoms with Gasteiger partial charge in [0.05, 0.1) is 5.92 Å². The second-order valence-corrected chi connectivity index (χ2v) is 7.56. The van der Waals surface area contributed by atoms with E-state index < -0.39 is 18.0 Å². The van der Waals surface area contributed by atoms with E-state index in [0.29, 0.717) is 10.6 Å². The van der Waals surface area contributed by atoms with Gasteiger partial charge in [0.1, 0.15) is 0 Å². The SMILES string of the molecule is Cc1ccc(N2C[C@H](C(=O)O[C@@H](C)C(=O)c3ccc(Cl)cc3)CC2=O)cc1C. The van der Waals surface area contributed by atoms with E-state index in [-0.39, 0.29) is 24.7 Å². The number of aryl methyl sites for hydroxylation is 2. The number of anilines is 1. The minimum Gasteiger partial charge on any atom is -0.454 e. The fraction of sp³-hybridized carbons (Fsp3) is 0.318. The van der Waals surface area contributed by atoms with E-state index in [9.17, 15) is 14.4 Å². The molecule has 1 saturated heterocycles. The smallest absolute Gasteiger partial charge is 0.312 e. The molecule has 2 atom stereocenters. The van der Waals surface area contributed by atoms with Gasteiger partial charge in [0.25, 0.3) is 0 Å². The van der Waals surface area contributed by atoms with Crippen molar-refractivity contribution in [3.8, 4) is 0 Å². The monoisotopic (exact) mass is 399 g/mol. The summed E-state index contributed by atoms with van der Waals surface area (Å²) in [6.45, 7) is 5.77. The van der Waals surface area contributed by atoms with Gasteiger partial charge in [0, 0.05) is 29.2 Å². The Morgan fingerprint density at radius 3 is 2.43 bits per heavy atom. The van der Waals surface area contributed by atoms with E-state index in [1.807, 2.05) is 32.0 Å². The van der Waals surface area contributed by atoms with E-state index in [1.165, 1.54) is 6.92 Å². The number of Topliss-reactive ketones (excluding diaryl/α,β-unsaturated/α-hetero) is 1. The first-order chi connectivity index (χ1) is 13.3. The molecule has 2 aromatic rings. The second-order valence-electron chi connectivity index (χ2n) is 7.12. The van der Waals surface area contributed by atoms with Gasteiger partial charge in [-0.25, -0.2) is 0 Å². The maximum absolute atomic E-state index is 12.5. The summed E-state index contributed by atoms with van der Waals surface area (Å²) in [4.78, 5) is 38.9. The number of esters is 1. The fourth-order valence-electron chi connectivity index (χ4n) is 3.18. The third kappa shape index (κ3) is 4.25. The number of hydrogen-bond acceptors (Lipinski definition) is 4. The molecule has 5 nitrogen and oxygen atoms in total. The maximum atomic E-state index is 12.5. The van der Waals surface area contributed by atoms with Crippen LogP contribution in [0.5, 0.6) is 0 Å². The lowest BCUT2D eigenvalue weighted by Gasteiger charge is -2.18. The second kappa shape index (κ2) is 8.15. The van der Waals surface area contributed by atoms with Crippen LogP contribution < -0.4 is 4.90 Å². The average molecular weight is 400 g/mol. The Balaban J connectivity index is 1.64. The lowest BCUT2D eigenvalue weighted by atomic mass is 10.1. The van der Waals surface area contributed by atoms with Crippen LogP contribution in [0.15, 0.2) is 42.5 Å². The van der Waals surface area contributed by atoms with Crippen LogP contribution in [0, 0.1) is 19.8 Å². The van der Waals surface area contributed by atoms with Crippen LogP contribution in [-0.2, 0) is 14.3 Å². The van der Waals surface area contributed by atoms with Crippen LogP contribution in [0.3, 0.4) is 0 Å². The third-order valence-electron chi connectivity index (χ3n) is 5.05. The van der Waals surface area contributed by atoms with Gasteiger partial charge in [0.2, 0.25) is 11.7 Å². The lowest BCUT2D eigenvalue weighted by molar-refractivity contribution is -0.151. The number of carbonyl (C=O) groups is 3. The van der Waals surface area contributed by atoms with Crippen molar-refractivity contribution in [1.82, 2.24) is 0 Å². The van der Waals surface area contributed by atoms with Gasteiger partial charge in [-0.05, 0) is 68.3 Å². The topological polar surface area (TPSA) is 63.7 Å². The van der Waals surface area contributed by atoms with Gasteiger partial charge in [-0.15, -0.1) is 0 Å². The van der Waals surface area contributed by atoms with Crippen molar-refractivity contribution >= 4 is 34.9 Å². The van der Waals surface area contributed by atoms with Crippen LogP contribution in [-0.4, -0.2) is 30.3 Å². The summed E-state index contributed by atoms with van der Waals surface area (Å²) in [5, 5.41) is 0.525. The molecule has 2 aromatic carbocycles. The van der Waals surface area contributed by atoms with Crippen molar-refractivity contribution in [3.63, 3.8) is 0 Å². The van der Waals surface area contributed by atoms with Crippen LogP contribution in [0.1, 0.15) is 34.8 Å². The molecule has 0 aromatic heterocycles. The number of carbonyl (C=O) groups excluding carboxylic acids is 3. The zero-order valence-electron chi connectivity index (χ0n) is 16.1. The van der Waals surface area contributed by atoms with E-state index in [1.54, 1.807) is 29.2 Å². The van der Waals surface area contributed by atoms with E-state index in [4.69, 9.17) is 16.3 Å². The van der Waals surface area contributed by atoms with Crippen LogP contribution >= 0.6 is 11.6 Å². The predicted molar refractivity (Wildman–Crippen MR) is 108 cm³/mol. The molecule has 28 heavy (non-hydrogen) atoms. The molecule has 0 aliphatic carbocycles. The molecule has 1 amide bonds. The normalized spacial score (nSPS) is 17.5.